The molecule has 0 fully saturated rings. The molecule has 6 nitrogen and oxygen atoms in total. The molecule has 3 aromatic carbocycles. The van der Waals surface area contributed by atoms with Crippen LogP contribution < -0.4 is 5.43 Å². The molecule has 0 unspecified atom stereocenters. The molecule has 1 heterocycles. The number of carbonyl (C=O) groups is 1. The number of rotatable bonds is 8. The number of thiophene rings is 1. The minimum Gasteiger partial charge on any atom is -0.462 e. The van der Waals surface area contributed by atoms with Gasteiger partial charge in [-0.25, -0.2) is 9.79 Å². The average Bonchev–Trinajstić information content (AvgIpc) is 3.22. The quantitative estimate of drug-likeness (QED) is 0.140. The first-order valence-corrected chi connectivity index (χ1v) is 11.8. The van der Waals surface area contributed by atoms with Crippen LogP contribution in [0.2, 0.25) is 0 Å². The molecule has 0 saturated heterocycles. The summed E-state index contributed by atoms with van der Waals surface area (Å²) >= 11 is 1.40. The van der Waals surface area contributed by atoms with Crippen molar-refractivity contribution < 1.29 is 9.53 Å². The van der Waals surface area contributed by atoms with E-state index in [0.29, 0.717) is 10.6 Å². The summed E-state index contributed by atoms with van der Waals surface area (Å²) < 4.78 is 5.39. The Morgan fingerprint density at radius 3 is 2.50 bits per heavy atom. The lowest BCUT2D eigenvalue weighted by Gasteiger charge is -2.07. The number of aliphatic imine (C=N–C) groups is 1. The van der Waals surface area contributed by atoms with E-state index in [0.717, 1.165) is 27.1 Å². The predicted molar refractivity (Wildman–Crippen MR) is 143 cm³/mol. The van der Waals surface area contributed by atoms with Crippen LogP contribution in [0.4, 0.5) is 10.7 Å². The number of hydrogen-bond acceptors (Lipinski definition) is 6. The molecule has 0 spiro atoms. The number of fused-ring (bicyclic) bond motifs is 1. The molecule has 0 bridgehead atoms. The molecule has 0 atom stereocenters. The van der Waals surface area contributed by atoms with Crippen molar-refractivity contribution in [1.82, 2.24) is 4.90 Å². The van der Waals surface area contributed by atoms with E-state index in [4.69, 9.17) is 4.74 Å². The fourth-order valence-electron chi connectivity index (χ4n) is 3.49. The SMILES string of the molecule is CCOC(=O)c1c(/N=C/N(C)C)sc(/C=N/Nc2ccc3ccccc3c2)c1-c1ccccc1. The lowest BCUT2D eigenvalue weighted by molar-refractivity contribution is 0.0529. The van der Waals surface area contributed by atoms with Gasteiger partial charge in [0.2, 0.25) is 0 Å². The van der Waals surface area contributed by atoms with Gasteiger partial charge >= 0.3 is 5.97 Å². The standard InChI is InChI=1S/C27H26N4O2S/c1-4-33-27(32)25-24(20-11-6-5-7-12-20)23(34-26(25)28-18-31(2)3)17-29-30-22-15-14-19-10-8-9-13-21(19)16-22/h5-18,30H,4H2,1-3H3/b28-18+,29-17+. The van der Waals surface area contributed by atoms with Gasteiger partial charge in [-0.1, -0.05) is 60.7 Å². The van der Waals surface area contributed by atoms with Gasteiger partial charge in [-0.05, 0) is 35.4 Å². The third kappa shape index (κ3) is 5.32. The fraction of sp³-hybridized carbons (Fsp3) is 0.148. The highest BCUT2D eigenvalue weighted by molar-refractivity contribution is 7.18. The summed E-state index contributed by atoms with van der Waals surface area (Å²) in [6, 6.07) is 24.0. The van der Waals surface area contributed by atoms with Crippen LogP contribution in [0.15, 0.2) is 82.9 Å². The Labute approximate surface area is 203 Å². The van der Waals surface area contributed by atoms with Gasteiger partial charge in [0.1, 0.15) is 10.6 Å². The monoisotopic (exact) mass is 470 g/mol. The van der Waals surface area contributed by atoms with Gasteiger partial charge in [0.15, 0.2) is 0 Å². The molecule has 0 aliphatic rings. The van der Waals surface area contributed by atoms with Crippen molar-refractivity contribution in [2.45, 2.75) is 6.92 Å². The van der Waals surface area contributed by atoms with Gasteiger partial charge in [0.05, 0.1) is 29.7 Å². The van der Waals surface area contributed by atoms with E-state index in [9.17, 15) is 4.79 Å². The van der Waals surface area contributed by atoms with Crippen LogP contribution in [0.5, 0.6) is 0 Å². The Morgan fingerprint density at radius 2 is 1.76 bits per heavy atom. The molecule has 0 aliphatic carbocycles. The number of esters is 1. The zero-order chi connectivity index (χ0) is 23.9. The molecule has 0 radical (unpaired) electrons. The van der Waals surface area contributed by atoms with Crippen LogP contribution in [-0.4, -0.2) is 44.1 Å². The number of carbonyl (C=O) groups excluding carboxylic acids is 1. The van der Waals surface area contributed by atoms with E-state index in [1.807, 2.05) is 67.5 Å². The summed E-state index contributed by atoms with van der Waals surface area (Å²) in [5, 5.41) is 7.37. The normalized spacial score (nSPS) is 11.4. The molecular formula is C27H26N4O2S. The third-order valence-electron chi connectivity index (χ3n) is 4.99. The molecule has 4 rings (SSSR count). The first kappa shape index (κ1) is 23.2. The Kier molecular flexibility index (Phi) is 7.34. The molecular weight excluding hydrogens is 444 g/mol. The molecule has 7 heteroatoms. The van der Waals surface area contributed by atoms with Gasteiger partial charge < -0.3 is 9.64 Å². The van der Waals surface area contributed by atoms with Gasteiger partial charge in [0.25, 0.3) is 0 Å². The second kappa shape index (κ2) is 10.8. The maximum Gasteiger partial charge on any atom is 0.341 e. The van der Waals surface area contributed by atoms with Crippen molar-refractivity contribution in [2.24, 2.45) is 10.1 Å². The highest BCUT2D eigenvalue weighted by Crippen LogP contribution is 2.41. The Hall–Kier alpha value is -3.97. The van der Waals surface area contributed by atoms with Crippen LogP contribution in [0, 0.1) is 0 Å². The zero-order valence-corrected chi connectivity index (χ0v) is 20.2. The van der Waals surface area contributed by atoms with Crippen LogP contribution in [0.1, 0.15) is 22.2 Å². The summed E-state index contributed by atoms with van der Waals surface area (Å²) in [5.74, 6) is -0.398. The molecule has 0 amide bonds. The average molecular weight is 471 g/mol. The third-order valence-corrected chi connectivity index (χ3v) is 6.02. The van der Waals surface area contributed by atoms with E-state index in [1.165, 1.54) is 16.7 Å². The summed E-state index contributed by atoms with van der Waals surface area (Å²) in [7, 11) is 3.77. The smallest absolute Gasteiger partial charge is 0.341 e. The number of anilines is 1. The van der Waals surface area contributed by atoms with Crippen LogP contribution >= 0.6 is 11.3 Å². The topological polar surface area (TPSA) is 66.3 Å². The first-order valence-electron chi connectivity index (χ1n) is 10.9. The Balaban J connectivity index is 1.75. The number of hydrogen-bond donors (Lipinski definition) is 1. The zero-order valence-electron chi connectivity index (χ0n) is 19.4. The second-order valence-corrected chi connectivity index (χ2v) is 8.78. The van der Waals surface area contributed by atoms with Crippen molar-refractivity contribution in [3.8, 4) is 11.1 Å². The van der Waals surface area contributed by atoms with Crippen molar-refractivity contribution in [3.05, 3.63) is 83.2 Å². The van der Waals surface area contributed by atoms with E-state index in [1.54, 1.807) is 19.5 Å². The molecule has 34 heavy (non-hydrogen) atoms. The van der Waals surface area contributed by atoms with Crippen molar-refractivity contribution >= 4 is 51.3 Å². The maximum atomic E-state index is 13.0. The molecule has 4 aromatic rings. The van der Waals surface area contributed by atoms with Gasteiger partial charge in [-0.2, -0.15) is 5.10 Å². The molecule has 1 aromatic heterocycles. The summed E-state index contributed by atoms with van der Waals surface area (Å²) in [4.78, 5) is 20.2. The predicted octanol–water partition coefficient (Wildman–Crippen LogP) is 6.41. The Bertz CT molecular complexity index is 1340. The molecule has 0 aliphatic heterocycles. The van der Waals surface area contributed by atoms with Gasteiger partial charge in [0, 0.05) is 19.7 Å². The van der Waals surface area contributed by atoms with Crippen LogP contribution in [-0.2, 0) is 4.74 Å². The highest BCUT2D eigenvalue weighted by atomic mass is 32.1. The highest BCUT2D eigenvalue weighted by Gasteiger charge is 2.25. The largest absolute Gasteiger partial charge is 0.462 e. The van der Waals surface area contributed by atoms with Crippen LogP contribution in [0.3, 0.4) is 0 Å². The van der Waals surface area contributed by atoms with E-state index < -0.39 is 5.97 Å². The van der Waals surface area contributed by atoms with Crippen molar-refractivity contribution in [2.75, 3.05) is 26.1 Å². The number of hydrazone groups is 1. The van der Waals surface area contributed by atoms with E-state index in [-0.39, 0.29) is 6.61 Å². The number of benzene rings is 3. The Morgan fingerprint density at radius 1 is 1.03 bits per heavy atom. The lowest BCUT2D eigenvalue weighted by Crippen LogP contribution is -2.08. The summed E-state index contributed by atoms with van der Waals surface area (Å²) in [5.41, 5.74) is 6.10. The second-order valence-electron chi connectivity index (χ2n) is 7.75. The van der Waals surface area contributed by atoms with E-state index >= 15 is 0 Å². The fourth-order valence-corrected chi connectivity index (χ4v) is 4.52. The number of nitrogens with zero attached hydrogens (tertiary/aromatic N) is 3. The number of nitrogens with one attached hydrogen (secondary N) is 1. The minimum absolute atomic E-state index is 0.284. The van der Waals surface area contributed by atoms with Crippen molar-refractivity contribution in [3.63, 3.8) is 0 Å². The molecule has 1 N–H and O–H groups in total. The van der Waals surface area contributed by atoms with E-state index in [2.05, 4.69) is 39.8 Å². The lowest BCUT2D eigenvalue weighted by atomic mass is 10.0. The van der Waals surface area contributed by atoms with Crippen molar-refractivity contribution in [1.29, 1.82) is 0 Å². The summed E-state index contributed by atoms with van der Waals surface area (Å²) in [6.45, 7) is 2.08. The molecule has 0 saturated carbocycles. The molecule has 172 valence electrons. The van der Waals surface area contributed by atoms with Gasteiger partial charge in [-0.15, -0.1) is 11.3 Å². The minimum atomic E-state index is -0.398. The van der Waals surface area contributed by atoms with Gasteiger partial charge in [-0.3, -0.25) is 5.43 Å². The number of ether oxygens (including phenoxy) is 1. The summed E-state index contributed by atoms with van der Waals surface area (Å²) in [6.07, 6.45) is 3.41. The first-order chi connectivity index (χ1) is 16.6. The van der Waals surface area contributed by atoms with Crippen LogP contribution in [0.25, 0.3) is 21.9 Å². The maximum absolute atomic E-state index is 13.0.